The number of carboxylic acids is 1. The lowest BCUT2D eigenvalue weighted by molar-refractivity contribution is -0.136. The van der Waals surface area contributed by atoms with E-state index in [0.29, 0.717) is 17.7 Å². The van der Waals surface area contributed by atoms with E-state index in [2.05, 4.69) is 5.32 Å². The molecule has 0 spiro atoms. The van der Waals surface area contributed by atoms with Crippen molar-refractivity contribution in [3.05, 3.63) is 59.7 Å². The molecule has 0 bridgehead atoms. The van der Waals surface area contributed by atoms with Gasteiger partial charge in [0.15, 0.2) is 0 Å². The quantitative estimate of drug-likeness (QED) is 0.808. The van der Waals surface area contributed by atoms with Crippen molar-refractivity contribution < 1.29 is 19.4 Å². The second kappa shape index (κ2) is 7.83. The number of amides is 1. The number of carboxylic acid groups (broad SMARTS) is 1. The van der Waals surface area contributed by atoms with Crippen LogP contribution < -0.4 is 10.1 Å². The molecule has 0 radical (unpaired) electrons. The summed E-state index contributed by atoms with van der Waals surface area (Å²) in [5, 5.41) is 11.8. The molecule has 1 amide bonds. The molecule has 0 aliphatic heterocycles. The summed E-state index contributed by atoms with van der Waals surface area (Å²) in [6, 6.07) is 14.5. The molecule has 0 aromatic heterocycles. The van der Waals surface area contributed by atoms with Crippen LogP contribution in [-0.2, 0) is 22.4 Å². The van der Waals surface area contributed by atoms with Crippen LogP contribution in [0.25, 0.3) is 0 Å². The molecule has 0 aliphatic carbocycles. The van der Waals surface area contributed by atoms with Gasteiger partial charge in [-0.05, 0) is 35.7 Å². The number of methoxy groups -OCH3 is 1. The highest BCUT2D eigenvalue weighted by Crippen LogP contribution is 2.29. The van der Waals surface area contributed by atoms with Crippen molar-refractivity contribution in [2.45, 2.75) is 26.7 Å². The molecule has 0 atom stereocenters. The SMILES string of the molecule is COc1ccccc1CC(C)(C)C(=O)Nc1cccc(CC(=O)O)c1. The Balaban J connectivity index is 2.12. The smallest absolute Gasteiger partial charge is 0.307 e. The van der Waals surface area contributed by atoms with Crippen LogP contribution in [0.15, 0.2) is 48.5 Å². The van der Waals surface area contributed by atoms with Crippen LogP contribution in [0.3, 0.4) is 0 Å². The molecule has 5 nitrogen and oxygen atoms in total. The van der Waals surface area contributed by atoms with E-state index in [1.54, 1.807) is 31.4 Å². The maximum Gasteiger partial charge on any atom is 0.307 e. The molecule has 2 aromatic rings. The van der Waals surface area contributed by atoms with Gasteiger partial charge in [-0.2, -0.15) is 0 Å². The van der Waals surface area contributed by atoms with Gasteiger partial charge in [0.05, 0.1) is 13.5 Å². The topological polar surface area (TPSA) is 75.6 Å². The Labute approximate surface area is 147 Å². The summed E-state index contributed by atoms with van der Waals surface area (Å²) in [6.07, 6.45) is 0.450. The van der Waals surface area contributed by atoms with Crippen molar-refractivity contribution in [3.8, 4) is 5.75 Å². The molecule has 25 heavy (non-hydrogen) atoms. The molecule has 0 saturated heterocycles. The van der Waals surface area contributed by atoms with Gasteiger partial charge in [-0.25, -0.2) is 0 Å². The third kappa shape index (κ3) is 5.08. The average Bonchev–Trinajstić information content (AvgIpc) is 2.54. The first kappa shape index (κ1) is 18.5. The highest BCUT2D eigenvalue weighted by molar-refractivity contribution is 5.95. The van der Waals surface area contributed by atoms with Gasteiger partial charge in [-0.15, -0.1) is 0 Å². The second-order valence-electron chi connectivity index (χ2n) is 6.60. The minimum Gasteiger partial charge on any atom is -0.496 e. The third-order valence-corrected chi connectivity index (χ3v) is 3.98. The lowest BCUT2D eigenvalue weighted by Gasteiger charge is -2.24. The van der Waals surface area contributed by atoms with Crippen LogP contribution in [0, 0.1) is 5.41 Å². The van der Waals surface area contributed by atoms with E-state index in [0.717, 1.165) is 11.3 Å². The standard InChI is InChI=1S/C20H23NO4/c1-20(2,13-15-8-4-5-10-17(15)25-3)19(24)21-16-9-6-7-14(11-16)12-18(22)23/h4-11H,12-13H2,1-3H3,(H,21,24)(H,22,23). The van der Waals surface area contributed by atoms with E-state index in [-0.39, 0.29) is 12.3 Å². The number of hydrogen-bond acceptors (Lipinski definition) is 3. The van der Waals surface area contributed by atoms with Gasteiger partial charge >= 0.3 is 5.97 Å². The molecule has 2 aromatic carbocycles. The number of nitrogens with one attached hydrogen (secondary N) is 1. The minimum atomic E-state index is -0.903. The Kier molecular flexibility index (Phi) is 5.80. The van der Waals surface area contributed by atoms with Gasteiger partial charge in [0.25, 0.3) is 0 Å². The average molecular weight is 341 g/mol. The van der Waals surface area contributed by atoms with E-state index in [1.807, 2.05) is 38.1 Å². The molecular formula is C20H23NO4. The maximum atomic E-state index is 12.7. The molecule has 0 fully saturated rings. The van der Waals surface area contributed by atoms with E-state index < -0.39 is 11.4 Å². The number of para-hydroxylation sites is 1. The van der Waals surface area contributed by atoms with Crippen LogP contribution in [0.5, 0.6) is 5.75 Å². The fourth-order valence-electron chi connectivity index (χ4n) is 2.64. The monoisotopic (exact) mass is 341 g/mol. The highest BCUT2D eigenvalue weighted by Gasteiger charge is 2.29. The third-order valence-electron chi connectivity index (χ3n) is 3.98. The summed E-state index contributed by atoms with van der Waals surface area (Å²) in [4.78, 5) is 23.5. The fraction of sp³-hybridized carbons (Fsp3) is 0.300. The van der Waals surface area contributed by atoms with Crippen molar-refractivity contribution in [3.63, 3.8) is 0 Å². The molecule has 2 rings (SSSR count). The lowest BCUT2D eigenvalue weighted by atomic mass is 9.84. The second-order valence-corrected chi connectivity index (χ2v) is 6.60. The number of benzene rings is 2. The van der Waals surface area contributed by atoms with Crippen LogP contribution in [0.1, 0.15) is 25.0 Å². The number of hydrogen-bond donors (Lipinski definition) is 2. The van der Waals surface area contributed by atoms with Gasteiger partial charge < -0.3 is 15.2 Å². The van der Waals surface area contributed by atoms with Crippen LogP contribution in [0.2, 0.25) is 0 Å². The largest absolute Gasteiger partial charge is 0.496 e. The molecule has 5 heteroatoms. The van der Waals surface area contributed by atoms with Crippen molar-refractivity contribution in [2.24, 2.45) is 5.41 Å². The van der Waals surface area contributed by atoms with E-state index in [9.17, 15) is 9.59 Å². The Morgan fingerprint density at radius 3 is 2.52 bits per heavy atom. The molecule has 0 heterocycles. The van der Waals surface area contributed by atoms with E-state index in [4.69, 9.17) is 9.84 Å². The first-order valence-electron chi connectivity index (χ1n) is 8.06. The lowest BCUT2D eigenvalue weighted by Crippen LogP contribution is -2.32. The number of aliphatic carboxylic acids is 1. The number of carbonyl (C=O) groups is 2. The van der Waals surface area contributed by atoms with Gasteiger partial charge in [-0.3, -0.25) is 9.59 Å². The van der Waals surface area contributed by atoms with Crippen LogP contribution in [-0.4, -0.2) is 24.1 Å². The summed E-state index contributed by atoms with van der Waals surface area (Å²) in [5.74, 6) is -0.280. The summed E-state index contributed by atoms with van der Waals surface area (Å²) >= 11 is 0. The van der Waals surface area contributed by atoms with Crippen LogP contribution >= 0.6 is 0 Å². The Morgan fingerprint density at radius 1 is 1.12 bits per heavy atom. The summed E-state index contributed by atoms with van der Waals surface area (Å²) in [6.45, 7) is 3.74. The summed E-state index contributed by atoms with van der Waals surface area (Å²) in [5.41, 5.74) is 1.55. The normalized spacial score (nSPS) is 11.0. The Hall–Kier alpha value is -2.82. The molecule has 132 valence electrons. The molecule has 0 aliphatic rings. The van der Waals surface area contributed by atoms with E-state index >= 15 is 0 Å². The molecular weight excluding hydrogens is 318 g/mol. The molecule has 0 saturated carbocycles. The zero-order chi connectivity index (χ0) is 18.4. The molecule has 2 N–H and O–H groups in total. The first-order valence-corrected chi connectivity index (χ1v) is 8.06. The fourth-order valence-corrected chi connectivity index (χ4v) is 2.64. The first-order chi connectivity index (χ1) is 11.8. The Morgan fingerprint density at radius 2 is 1.84 bits per heavy atom. The maximum absolute atomic E-state index is 12.7. The van der Waals surface area contributed by atoms with Gasteiger partial charge in [0.1, 0.15) is 5.75 Å². The van der Waals surface area contributed by atoms with Gasteiger partial charge in [0, 0.05) is 11.1 Å². The Bertz CT molecular complexity index is 768. The van der Waals surface area contributed by atoms with Crippen molar-refractivity contribution in [1.82, 2.24) is 0 Å². The van der Waals surface area contributed by atoms with Crippen LogP contribution in [0.4, 0.5) is 5.69 Å². The zero-order valence-corrected chi connectivity index (χ0v) is 14.7. The predicted octanol–water partition coefficient (Wildman–Crippen LogP) is 3.53. The molecule has 0 unspecified atom stereocenters. The van der Waals surface area contributed by atoms with Gasteiger partial charge in [-0.1, -0.05) is 44.2 Å². The highest BCUT2D eigenvalue weighted by atomic mass is 16.5. The minimum absolute atomic E-state index is 0.0751. The number of anilines is 1. The van der Waals surface area contributed by atoms with Crippen molar-refractivity contribution in [1.29, 1.82) is 0 Å². The van der Waals surface area contributed by atoms with Gasteiger partial charge in [0.2, 0.25) is 5.91 Å². The number of carbonyl (C=O) groups excluding carboxylic acids is 1. The van der Waals surface area contributed by atoms with E-state index in [1.165, 1.54) is 0 Å². The predicted molar refractivity (Wildman–Crippen MR) is 96.9 cm³/mol. The van der Waals surface area contributed by atoms with Crippen molar-refractivity contribution >= 4 is 17.6 Å². The number of ether oxygens (including phenoxy) is 1. The zero-order valence-electron chi connectivity index (χ0n) is 14.7. The number of rotatable bonds is 7. The van der Waals surface area contributed by atoms with Crippen molar-refractivity contribution in [2.75, 3.05) is 12.4 Å². The summed E-state index contributed by atoms with van der Waals surface area (Å²) < 4.78 is 5.35. The summed E-state index contributed by atoms with van der Waals surface area (Å²) in [7, 11) is 1.61.